The third-order valence-electron chi connectivity index (χ3n) is 7.43. The lowest BCUT2D eigenvalue weighted by Crippen LogP contribution is -2.43. The molecule has 3 fully saturated rings. The SMILES string of the molecule is O=C1CCc2cc(F)c(F)cc2N1CCCN1C2CCC1CC(=CCOCC1CC1)C2. The molecule has 1 aromatic rings. The van der Waals surface area contributed by atoms with Crippen molar-refractivity contribution in [3.8, 4) is 0 Å². The van der Waals surface area contributed by atoms with Gasteiger partial charge in [0.2, 0.25) is 5.91 Å². The van der Waals surface area contributed by atoms with Crippen LogP contribution in [0, 0.1) is 17.6 Å². The van der Waals surface area contributed by atoms with Gasteiger partial charge in [-0.05, 0) is 68.9 Å². The lowest BCUT2D eigenvalue weighted by atomic mass is 9.96. The molecule has 31 heavy (non-hydrogen) atoms. The zero-order chi connectivity index (χ0) is 21.4. The van der Waals surface area contributed by atoms with Crippen LogP contribution in [-0.4, -0.2) is 49.2 Å². The number of fused-ring (bicyclic) bond motifs is 3. The molecule has 3 heterocycles. The van der Waals surface area contributed by atoms with E-state index >= 15 is 0 Å². The molecule has 4 nitrogen and oxygen atoms in total. The van der Waals surface area contributed by atoms with E-state index in [9.17, 15) is 13.6 Å². The summed E-state index contributed by atoms with van der Waals surface area (Å²) in [6.07, 6.45) is 11.4. The Labute approximate surface area is 183 Å². The van der Waals surface area contributed by atoms with E-state index in [1.807, 2.05) is 0 Å². The van der Waals surface area contributed by atoms with Crippen LogP contribution in [0.2, 0.25) is 0 Å². The Hall–Kier alpha value is -1.79. The third kappa shape index (κ3) is 4.70. The fourth-order valence-electron chi connectivity index (χ4n) is 5.57. The van der Waals surface area contributed by atoms with Gasteiger partial charge in [0.25, 0.3) is 0 Å². The first-order chi connectivity index (χ1) is 15.1. The van der Waals surface area contributed by atoms with Crippen molar-refractivity contribution in [3.05, 3.63) is 41.0 Å². The van der Waals surface area contributed by atoms with E-state index in [2.05, 4.69) is 11.0 Å². The van der Waals surface area contributed by atoms with Crippen LogP contribution in [0.15, 0.2) is 23.8 Å². The average Bonchev–Trinajstić information content (AvgIpc) is 3.54. The number of ether oxygens (including phenoxy) is 1. The van der Waals surface area contributed by atoms with Gasteiger partial charge in [0.1, 0.15) is 0 Å². The number of hydrogen-bond acceptors (Lipinski definition) is 3. The first kappa shape index (κ1) is 21.1. The molecule has 4 aliphatic rings. The molecule has 1 aliphatic carbocycles. The van der Waals surface area contributed by atoms with Crippen molar-refractivity contribution in [1.29, 1.82) is 0 Å². The molecule has 2 unspecified atom stereocenters. The van der Waals surface area contributed by atoms with E-state index in [-0.39, 0.29) is 5.91 Å². The minimum atomic E-state index is -0.882. The molecule has 0 N–H and O–H groups in total. The summed E-state index contributed by atoms with van der Waals surface area (Å²) in [5.41, 5.74) is 2.82. The highest BCUT2D eigenvalue weighted by Crippen LogP contribution is 2.38. The molecular weight excluding hydrogens is 398 g/mol. The number of anilines is 1. The van der Waals surface area contributed by atoms with E-state index in [1.54, 1.807) is 4.90 Å². The number of benzene rings is 1. The highest BCUT2D eigenvalue weighted by Gasteiger charge is 2.38. The number of carbonyl (C=O) groups is 1. The molecule has 0 spiro atoms. The third-order valence-corrected chi connectivity index (χ3v) is 7.43. The van der Waals surface area contributed by atoms with Gasteiger partial charge >= 0.3 is 0 Å². The van der Waals surface area contributed by atoms with Gasteiger partial charge in [-0.25, -0.2) is 8.78 Å². The molecule has 2 atom stereocenters. The van der Waals surface area contributed by atoms with Crippen molar-refractivity contribution < 1.29 is 18.3 Å². The summed E-state index contributed by atoms with van der Waals surface area (Å²) in [5.74, 6) is -0.894. The summed E-state index contributed by atoms with van der Waals surface area (Å²) >= 11 is 0. The minimum absolute atomic E-state index is 0.0107. The van der Waals surface area contributed by atoms with Gasteiger partial charge in [-0.3, -0.25) is 9.69 Å². The Morgan fingerprint density at radius 1 is 1.00 bits per heavy atom. The second-order valence-corrected chi connectivity index (χ2v) is 9.67. The van der Waals surface area contributed by atoms with Crippen LogP contribution < -0.4 is 4.90 Å². The number of rotatable bonds is 8. The number of nitrogens with zero attached hydrogens (tertiary/aromatic N) is 2. The van der Waals surface area contributed by atoms with Gasteiger partial charge in [0.05, 0.1) is 6.61 Å². The number of amides is 1. The Morgan fingerprint density at radius 2 is 1.74 bits per heavy atom. The van der Waals surface area contributed by atoms with Crippen molar-refractivity contribution >= 4 is 11.6 Å². The van der Waals surface area contributed by atoms with Crippen LogP contribution in [0.4, 0.5) is 14.5 Å². The van der Waals surface area contributed by atoms with Gasteiger partial charge in [-0.2, -0.15) is 0 Å². The molecule has 1 amide bonds. The molecule has 2 saturated heterocycles. The summed E-state index contributed by atoms with van der Waals surface area (Å²) in [5, 5.41) is 0. The van der Waals surface area contributed by atoms with Crippen LogP contribution in [0.5, 0.6) is 0 Å². The zero-order valence-corrected chi connectivity index (χ0v) is 18.1. The number of piperidine rings is 1. The van der Waals surface area contributed by atoms with Crippen LogP contribution in [0.1, 0.15) is 56.9 Å². The Bertz CT molecular complexity index is 851. The second-order valence-electron chi connectivity index (χ2n) is 9.67. The molecule has 3 aliphatic heterocycles. The molecule has 168 valence electrons. The maximum absolute atomic E-state index is 13.8. The smallest absolute Gasteiger partial charge is 0.227 e. The topological polar surface area (TPSA) is 32.8 Å². The van der Waals surface area contributed by atoms with Crippen molar-refractivity contribution in [2.24, 2.45) is 5.92 Å². The Balaban J connectivity index is 1.14. The largest absolute Gasteiger partial charge is 0.377 e. The first-order valence-electron chi connectivity index (χ1n) is 11.9. The quantitative estimate of drug-likeness (QED) is 0.446. The van der Waals surface area contributed by atoms with Gasteiger partial charge in [0.15, 0.2) is 11.6 Å². The van der Waals surface area contributed by atoms with Crippen LogP contribution >= 0.6 is 0 Å². The van der Waals surface area contributed by atoms with E-state index < -0.39 is 11.6 Å². The van der Waals surface area contributed by atoms with Crippen molar-refractivity contribution in [3.63, 3.8) is 0 Å². The predicted molar refractivity (Wildman–Crippen MR) is 116 cm³/mol. The maximum atomic E-state index is 13.8. The fraction of sp³-hybridized carbons (Fsp3) is 0.640. The van der Waals surface area contributed by atoms with Gasteiger partial charge < -0.3 is 9.64 Å². The van der Waals surface area contributed by atoms with E-state index in [4.69, 9.17) is 4.74 Å². The summed E-state index contributed by atoms with van der Waals surface area (Å²) in [7, 11) is 0. The van der Waals surface area contributed by atoms with Crippen molar-refractivity contribution in [2.45, 2.75) is 69.9 Å². The lowest BCUT2D eigenvalue weighted by Gasteiger charge is -2.37. The van der Waals surface area contributed by atoms with Crippen LogP contribution in [-0.2, 0) is 16.0 Å². The molecule has 0 radical (unpaired) electrons. The molecule has 2 bridgehead atoms. The first-order valence-corrected chi connectivity index (χ1v) is 11.9. The standard InChI is InChI=1S/C25H32F2N2O2/c26-22-14-19-4-7-25(30)29(24(19)15-23(22)27)10-1-9-28-20-5-6-21(28)13-18(12-20)8-11-31-16-17-2-3-17/h8,14-15,17,20-21H,1-7,9-13,16H2. The molecule has 0 aromatic heterocycles. The summed E-state index contributed by atoms with van der Waals surface area (Å²) in [6, 6.07) is 3.61. The Kier molecular flexibility index (Phi) is 6.11. The summed E-state index contributed by atoms with van der Waals surface area (Å²) in [6.45, 7) is 3.17. The van der Waals surface area contributed by atoms with E-state index in [1.165, 1.54) is 43.4 Å². The maximum Gasteiger partial charge on any atom is 0.227 e. The lowest BCUT2D eigenvalue weighted by molar-refractivity contribution is -0.118. The number of halogens is 2. The Morgan fingerprint density at radius 3 is 2.48 bits per heavy atom. The number of aryl methyl sites for hydroxylation is 1. The normalized spacial score (nSPS) is 25.8. The molecule has 1 saturated carbocycles. The van der Waals surface area contributed by atoms with Gasteiger partial charge in [0, 0.05) is 50.0 Å². The molecule has 5 rings (SSSR count). The molecule has 1 aromatic carbocycles. The average molecular weight is 431 g/mol. The number of carbonyl (C=O) groups excluding carboxylic acids is 1. The van der Waals surface area contributed by atoms with Crippen molar-refractivity contribution in [1.82, 2.24) is 4.90 Å². The zero-order valence-electron chi connectivity index (χ0n) is 18.1. The number of hydrogen-bond donors (Lipinski definition) is 0. The van der Waals surface area contributed by atoms with E-state index in [0.29, 0.717) is 37.2 Å². The highest BCUT2D eigenvalue weighted by molar-refractivity contribution is 5.96. The van der Waals surface area contributed by atoms with Gasteiger partial charge in [-0.15, -0.1) is 0 Å². The van der Waals surface area contributed by atoms with Crippen LogP contribution in [0.25, 0.3) is 0 Å². The van der Waals surface area contributed by atoms with Gasteiger partial charge in [-0.1, -0.05) is 11.6 Å². The summed E-state index contributed by atoms with van der Waals surface area (Å²) in [4.78, 5) is 16.7. The highest BCUT2D eigenvalue weighted by atomic mass is 19.2. The predicted octanol–water partition coefficient (Wildman–Crippen LogP) is 4.61. The van der Waals surface area contributed by atoms with Crippen LogP contribution in [0.3, 0.4) is 0 Å². The molecule has 6 heteroatoms. The fourth-order valence-corrected chi connectivity index (χ4v) is 5.57. The second kappa shape index (κ2) is 8.99. The van der Waals surface area contributed by atoms with E-state index in [0.717, 1.165) is 50.5 Å². The minimum Gasteiger partial charge on any atom is -0.377 e. The molecular formula is C25H32F2N2O2. The summed E-state index contributed by atoms with van der Waals surface area (Å²) < 4.78 is 33.2. The monoisotopic (exact) mass is 430 g/mol. The van der Waals surface area contributed by atoms with Crippen molar-refractivity contribution in [2.75, 3.05) is 31.2 Å².